The van der Waals surface area contributed by atoms with Crippen molar-refractivity contribution in [1.29, 1.82) is 0 Å². The molecule has 1 aromatic carbocycles. The van der Waals surface area contributed by atoms with E-state index in [4.69, 9.17) is 0 Å². The fourth-order valence-corrected chi connectivity index (χ4v) is 1.71. The van der Waals surface area contributed by atoms with Gasteiger partial charge < -0.3 is 15.3 Å². The van der Waals surface area contributed by atoms with Crippen molar-refractivity contribution >= 4 is 11.7 Å². The smallest absolute Gasteiger partial charge is 0.392 e. The molecular formula is C13H17F3N2O2. The molecule has 0 aromatic heterocycles. The van der Waals surface area contributed by atoms with Crippen molar-refractivity contribution in [2.24, 2.45) is 0 Å². The first-order chi connectivity index (χ1) is 9.25. The molecule has 1 atom stereocenters. The topological polar surface area (TPSA) is 52.6 Å². The number of amides is 2. The number of nitrogens with zero attached hydrogens (tertiary/aromatic N) is 1. The van der Waals surface area contributed by atoms with Crippen molar-refractivity contribution in [3.8, 4) is 0 Å². The third kappa shape index (κ3) is 4.41. The van der Waals surface area contributed by atoms with Gasteiger partial charge in [-0.15, -0.1) is 0 Å². The van der Waals surface area contributed by atoms with E-state index in [2.05, 4.69) is 5.32 Å². The number of hydrogen-bond acceptors (Lipinski definition) is 2. The Morgan fingerprint density at radius 1 is 1.40 bits per heavy atom. The maximum Gasteiger partial charge on any atom is 0.418 e. The number of aliphatic hydroxyl groups is 1. The van der Waals surface area contributed by atoms with E-state index in [1.807, 2.05) is 0 Å². The lowest BCUT2D eigenvalue weighted by atomic mass is 10.1. The summed E-state index contributed by atoms with van der Waals surface area (Å²) in [5.74, 6) is 0. The van der Waals surface area contributed by atoms with Crippen LogP contribution in [-0.2, 0) is 6.18 Å². The number of carbonyl (C=O) groups excluding carboxylic acids is 1. The zero-order valence-corrected chi connectivity index (χ0v) is 11.2. The Hall–Kier alpha value is -1.76. The molecule has 0 aliphatic carbocycles. The quantitative estimate of drug-likeness (QED) is 0.895. The van der Waals surface area contributed by atoms with Gasteiger partial charge in [-0.2, -0.15) is 13.2 Å². The predicted octanol–water partition coefficient (Wildman–Crippen LogP) is 2.94. The molecule has 0 aliphatic heterocycles. The second-order valence-electron chi connectivity index (χ2n) is 4.36. The van der Waals surface area contributed by atoms with E-state index in [0.717, 1.165) is 6.07 Å². The van der Waals surface area contributed by atoms with E-state index in [0.29, 0.717) is 0 Å². The van der Waals surface area contributed by atoms with Gasteiger partial charge in [-0.1, -0.05) is 12.1 Å². The highest BCUT2D eigenvalue weighted by Gasteiger charge is 2.33. The van der Waals surface area contributed by atoms with Gasteiger partial charge in [0.05, 0.1) is 17.4 Å². The van der Waals surface area contributed by atoms with Gasteiger partial charge in [-0.3, -0.25) is 0 Å². The number of aliphatic hydroxyl groups excluding tert-OH is 1. The van der Waals surface area contributed by atoms with Crippen LogP contribution in [0.3, 0.4) is 0 Å². The molecule has 0 radical (unpaired) electrons. The second-order valence-corrected chi connectivity index (χ2v) is 4.36. The van der Waals surface area contributed by atoms with Gasteiger partial charge in [-0.25, -0.2) is 4.79 Å². The standard InChI is InChI=1S/C13H17F3N2O2/c1-3-18(8-9(2)19)12(20)17-11-7-5-4-6-10(11)13(14,15)16/h4-7,9,19H,3,8H2,1-2H3,(H,17,20)/t9-/m0/s1. The third-order valence-electron chi connectivity index (χ3n) is 2.63. The molecule has 0 heterocycles. The summed E-state index contributed by atoms with van der Waals surface area (Å²) in [5.41, 5.74) is -1.20. The number of carbonyl (C=O) groups is 1. The van der Waals surface area contributed by atoms with Gasteiger partial charge >= 0.3 is 12.2 Å². The average molecular weight is 290 g/mol. The number of alkyl halides is 3. The van der Waals surface area contributed by atoms with Gasteiger partial charge in [-0.05, 0) is 26.0 Å². The summed E-state index contributed by atoms with van der Waals surface area (Å²) in [4.78, 5) is 13.1. The number of hydrogen-bond donors (Lipinski definition) is 2. The first-order valence-corrected chi connectivity index (χ1v) is 6.16. The highest BCUT2D eigenvalue weighted by molar-refractivity contribution is 5.90. The van der Waals surface area contributed by atoms with Crippen LogP contribution >= 0.6 is 0 Å². The molecule has 0 saturated carbocycles. The SMILES string of the molecule is CCN(C[C@H](C)O)C(=O)Nc1ccccc1C(F)(F)F. The molecule has 0 unspecified atom stereocenters. The lowest BCUT2D eigenvalue weighted by Crippen LogP contribution is -2.39. The molecule has 0 bridgehead atoms. The van der Waals surface area contributed by atoms with Crippen molar-refractivity contribution in [2.45, 2.75) is 26.1 Å². The Balaban J connectivity index is 2.90. The third-order valence-corrected chi connectivity index (χ3v) is 2.63. The Morgan fingerprint density at radius 2 is 2.00 bits per heavy atom. The molecule has 7 heteroatoms. The van der Waals surface area contributed by atoms with Gasteiger partial charge in [0, 0.05) is 13.1 Å². The largest absolute Gasteiger partial charge is 0.418 e. The molecule has 0 spiro atoms. The molecule has 1 rings (SSSR count). The number of likely N-dealkylation sites (N-methyl/N-ethyl adjacent to an activating group) is 1. The zero-order chi connectivity index (χ0) is 15.3. The number of anilines is 1. The summed E-state index contributed by atoms with van der Waals surface area (Å²) in [5, 5.41) is 11.5. The maximum atomic E-state index is 12.8. The lowest BCUT2D eigenvalue weighted by Gasteiger charge is -2.23. The van der Waals surface area contributed by atoms with Crippen LogP contribution < -0.4 is 5.32 Å². The van der Waals surface area contributed by atoms with Crippen molar-refractivity contribution in [2.75, 3.05) is 18.4 Å². The highest BCUT2D eigenvalue weighted by Crippen LogP contribution is 2.34. The van der Waals surface area contributed by atoms with Crippen molar-refractivity contribution < 1.29 is 23.1 Å². The molecule has 4 nitrogen and oxygen atoms in total. The summed E-state index contributed by atoms with van der Waals surface area (Å²) >= 11 is 0. The van der Waals surface area contributed by atoms with Crippen LogP contribution in [0.1, 0.15) is 19.4 Å². The summed E-state index contributed by atoms with van der Waals surface area (Å²) in [6.07, 6.45) is -5.29. The van der Waals surface area contributed by atoms with Crippen LogP contribution in [0, 0.1) is 0 Å². The molecule has 0 saturated heterocycles. The minimum absolute atomic E-state index is 0.0521. The summed E-state index contributed by atoms with van der Waals surface area (Å²) in [6.45, 7) is 3.51. The van der Waals surface area contributed by atoms with Gasteiger partial charge in [0.2, 0.25) is 0 Å². The Labute approximate surface area is 115 Å². The van der Waals surface area contributed by atoms with Crippen LogP contribution in [0.25, 0.3) is 0 Å². The minimum Gasteiger partial charge on any atom is -0.392 e. The van der Waals surface area contributed by atoms with E-state index in [1.165, 1.54) is 30.0 Å². The van der Waals surface area contributed by atoms with Crippen LogP contribution in [0.15, 0.2) is 24.3 Å². The van der Waals surface area contributed by atoms with E-state index in [-0.39, 0.29) is 18.8 Å². The first-order valence-electron chi connectivity index (χ1n) is 6.16. The molecule has 0 aliphatic rings. The van der Waals surface area contributed by atoms with E-state index in [9.17, 15) is 23.1 Å². The molecule has 20 heavy (non-hydrogen) atoms. The van der Waals surface area contributed by atoms with Crippen LogP contribution in [-0.4, -0.2) is 35.2 Å². The van der Waals surface area contributed by atoms with Crippen LogP contribution in [0.2, 0.25) is 0 Å². The highest BCUT2D eigenvalue weighted by atomic mass is 19.4. The monoisotopic (exact) mass is 290 g/mol. The summed E-state index contributed by atoms with van der Waals surface area (Å²) < 4.78 is 38.4. The van der Waals surface area contributed by atoms with E-state index in [1.54, 1.807) is 6.92 Å². The molecule has 112 valence electrons. The Bertz CT molecular complexity index is 461. The maximum absolute atomic E-state index is 12.8. The van der Waals surface area contributed by atoms with Gasteiger partial charge in [0.25, 0.3) is 0 Å². The number of para-hydroxylation sites is 1. The van der Waals surface area contributed by atoms with Crippen LogP contribution in [0.4, 0.5) is 23.7 Å². The normalized spacial score (nSPS) is 12.9. The Kier molecular flexibility index (Phi) is 5.38. The summed E-state index contributed by atoms with van der Waals surface area (Å²) in [7, 11) is 0. The van der Waals surface area contributed by atoms with Crippen molar-refractivity contribution in [3.05, 3.63) is 29.8 Å². The van der Waals surface area contributed by atoms with Crippen molar-refractivity contribution in [1.82, 2.24) is 4.90 Å². The van der Waals surface area contributed by atoms with E-state index < -0.39 is 23.9 Å². The minimum atomic E-state index is -4.54. The second kappa shape index (κ2) is 6.60. The number of halogens is 3. The summed E-state index contributed by atoms with van der Waals surface area (Å²) in [6, 6.07) is 4.09. The number of rotatable bonds is 4. The number of benzene rings is 1. The molecule has 2 N–H and O–H groups in total. The fourth-order valence-electron chi connectivity index (χ4n) is 1.71. The number of urea groups is 1. The average Bonchev–Trinajstić information content (AvgIpc) is 2.34. The van der Waals surface area contributed by atoms with Gasteiger partial charge in [0.15, 0.2) is 0 Å². The molecule has 1 aromatic rings. The van der Waals surface area contributed by atoms with Crippen LogP contribution in [0.5, 0.6) is 0 Å². The predicted molar refractivity (Wildman–Crippen MR) is 69.4 cm³/mol. The molecular weight excluding hydrogens is 273 g/mol. The Morgan fingerprint density at radius 3 is 2.50 bits per heavy atom. The first kappa shape index (κ1) is 16.3. The van der Waals surface area contributed by atoms with Crippen molar-refractivity contribution in [3.63, 3.8) is 0 Å². The fraction of sp³-hybridized carbons (Fsp3) is 0.462. The lowest BCUT2D eigenvalue weighted by molar-refractivity contribution is -0.136. The molecule has 0 fully saturated rings. The van der Waals surface area contributed by atoms with E-state index >= 15 is 0 Å². The number of nitrogens with one attached hydrogen (secondary N) is 1. The zero-order valence-electron chi connectivity index (χ0n) is 11.2. The molecule has 2 amide bonds. The van der Waals surface area contributed by atoms with Gasteiger partial charge in [0.1, 0.15) is 0 Å².